The van der Waals surface area contributed by atoms with Crippen LogP contribution in [0.5, 0.6) is 0 Å². The number of carbonyl (C=O) groups is 2. The summed E-state index contributed by atoms with van der Waals surface area (Å²) >= 11 is 0. The van der Waals surface area contributed by atoms with E-state index in [1.807, 2.05) is 39.0 Å². The zero-order chi connectivity index (χ0) is 16.8. The lowest BCUT2D eigenvalue weighted by Gasteiger charge is -2.13. The molecule has 1 aliphatic heterocycles. The fourth-order valence-electron chi connectivity index (χ4n) is 2.63. The van der Waals surface area contributed by atoms with Crippen molar-refractivity contribution >= 4 is 23.2 Å². The lowest BCUT2D eigenvalue weighted by Crippen LogP contribution is -2.18. The molecule has 1 fully saturated rings. The van der Waals surface area contributed by atoms with Crippen molar-refractivity contribution in [2.75, 3.05) is 23.7 Å². The van der Waals surface area contributed by atoms with Crippen molar-refractivity contribution in [3.63, 3.8) is 0 Å². The van der Waals surface area contributed by atoms with E-state index < -0.39 is 0 Å². The molecule has 1 aliphatic rings. The Morgan fingerprint density at radius 2 is 2.09 bits per heavy atom. The molecule has 1 aromatic rings. The molecule has 0 spiro atoms. The Balaban J connectivity index is 1.92. The number of anilines is 2. The molecule has 2 rings (SSSR count). The van der Waals surface area contributed by atoms with Gasteiger partial charge in [0, 0.05) is 23.7 Å². The Morgan fingerprint density at radius 3 is 2.74 bits per heavy atom. The van der Waals surface area contributed by atoms with Gasteiger partial charge in [0.2, 0.25) is 11.8 Å². The van der Waals surface area contributed by atoms with Gasteiger partial charge in [-0.15, -0.1) is 0 Å². The van der Waals surface area contributed by atoms with Crippen LogP contribution in [-0.2, 0) is 9.59 Å². The minimum Gasteiger partial charge on any atom is -0.326 e. The molecule has 2 amide bonds. The molecule has 1 unspecified atom stereocenters. The van der Waals surface area contributed by atoms with E-state index in [-0.39, 0.29) is 17.7 Å². The number of amides is 2. The van der Waals surface area contributed by atoms with Crippen molar-refractivity contribution < 1.29 is 9.59 Å². The predicted molar refractivity (Wildman–Crippen MR) is 93.5 cm³/mol. The van der Waals surface area contributed by atoms with E-state index in [1.54, 1.807) is 0 Å². The molecule has 0 radical (unpaired) electrons. The summed E-state index contributed by atoms with van der Waals surface area (Å²) in [5, 5.41) is 9.14. The Bertz CT molecular complexity index is 563. The monoisotopic (exact) mass is 317 g/mol. The number of aryl methyl sites for hydroxylation is 1. The van der Waals surface area contributed by atoms with Crippen molar-refractivity contribution in [3.8, 4) is 0 Å². The first kappa shape index (κ1) is 17.5. The van der Waals surface area contributed by atoms with Gasteiger partial charge in [0.25, 0.3) is 0 Å². The Morgan fingerprint density at radius 1 is 1.30 bits per heavy atom. The molecule has 0 aliphatic carbocycles. The van der Waals surface area contributed by atoms with E-state index in [9.17, 15) is 9.59 Å². The van der Waals surface area contributed by atoms with E-state index in [1.165, 1.54) is 0 Å². The molecule has 0 saturated carbocycles. The molecule has 3 N–H and O–H groups in total. The largest absolute Gasteiger partial charge is 0.326 e. The third kappa shape index (κ3) is 5.36. The molecule has 5 nitrogen and oxygen atoms in total. The van der Waals surface area contributed by atoms with Crippen LogP contribution in [0.1, 0.15) is 38.7 Å². The first-order valence-electron chi connectivity index (χ1n) is 8.38. The molecule has 23 heavy (non-hydrogen) atoms. The topological polar surface area (TPSA) is 70.2 Å². The number of nitrogens with one attached hydrogen (secondary N) is 3. The second kappa shape index (κ2) is 8.11. The van der Waals surface area contributed by atoms with E-state index in [0.717, 1.165) is 37.2 Å². The summed E-state index contributed by atoms with van der Waals surface area (Å²) in [6.07, 6.45) is 2.61. The van der Waals surface area contributed by atoms with Crippen molar-refractivity contribution in [2.45, 2.75) is 40.0 Å². The third-order valence-electron chi connectivity index (χ3n) is 4.25. The van der Waals surface area contributed by atoms with Gasteiger partial charge in [-0.3, -0.25) is 9.59 Å². The summed E-state index contributed by atoms with van der Waals surface area (Å²) in [6.45, 7) is 7.73. The van der Waals surface area contributed by atoms with E-state index >= 15 is 0 Å². The minimum atomic E-state index is -0.0747. The molecule has 1 saturated heterocycles. The van der Waals surface area contributed by atoms with Crippen molar-refractivity contribution in [1.82, 2.24) is 5.32 Å². The van der Waals surface area contributed by atoms with Crippen LogP contribution < -0.4 is 16.0 Å². The van der Waals surface area contributed by atoms with Gasteiger partial charge in [-0.1, -0.05) is 19.9 Å². The highest BCUT2D eigenvalue weighted by Gasteiger charge is 2.16. The average Bonchev–Trinajstić information content (AvgIpc) is 3.02. The van der Waals surface area contributed by atoms with Gasteiger partial charge in [-0.2, -0.15) is 0 Å². The molecular formula is C18H27N3O2. The fraction of sp³-hybridized carbons (Fsp3) is 0.556. The molecule has 126 valence electrons. The zero-order valence-corrected chi connectivity index (χ0v) is 14.2. The van der Waals surface area contributed by atoms with Gasteiger partial charge in [-0.25, -0.2) is 0 Å². The highest BCUT2D eigenvalue weighted by Crippen LogP contribution is 2.22. The van der Waals surface area contributed by atoms with Gasteiger partial charge < -0.3 is 16.0 Å². The number of carbonyl (C=O) groups excluding carboxylic acids is 2. The second-order valence-corrected chi connectivity index (χ2v) is 6.62. The van der Waals surface area contributed by atoms with Gasteiger partial charge in [0.05, 0.1) is 0 Å². The van der Waals surface area contributed by atoms with Crippen molar-refractivity contribution in [3.05, 3.63) is 23.8 Å². The summed E-state index contributed by atoms with van der Waals surface area (Å²) in [6, 6.07) is 5.59. The van der Waals surface area contributed by atoms with E-state index in [2.05, 4.69) is 16.0 Å². The second-order valence-electron chi connectivity index (χ2n) is 6.62. The van der Waals surface area contributed by atoms with Gasteiger partial charge in [-0.05, 0) is 56.5 Å². The molecule has 1 atom stereocenters. The van der Waals surface area contributed by atoms with E-state index in [4.69, 9.17) is 0 Å². The summed E-state index contributed by atoms with van der Waals surface area (Å²) in [4.78, 5) is 23.9. The summed E-state index contributed by atoms with van der Waals surface area (Å²) in [5.41, 5.74) is 2.47. The van der Waals surface area contributed by atoms with Crippen LogP contribution in [0, 0.1) is 18.8 Å². The molecule has 1 heterocycles. The molecule has 0 bridgehead atoms. The normalized spacial score (nSPS) is 17.3. The van der Waals surface area contributed by atoms with Crippen molar-refractivity contribution in [1.29, 1.82) is 0 Å². The van der Waals surface area contributed by atoms with Crippen LogP contribution in [0.15, 0.2) is 18.2 Å². The highest BCUT2D eigenvalue weighted by molar-refractivity contribution is 5.95. The molecular weight excluding hydrogens is 290 g/mol. The lowest BCUT2D eigenvalue weighted by atomic mass is 10.0. The van der Waals surface area contributed by atoms with Crippen LogP contribution in [0.25, 0.3) is 0 Å². The molecule has 0 aromatic heterocycles. The quantitative estimate of drug-likeness (QED) is 0.755. The zero-order valence-electron chi connectivity index (χ0n) is 14.2. The standard InChI is InChI=1S/C18H27N3O2/c1-12(2)18(23)20-15-6-4-13(3)16(10-15)21-17(22)7-5-14-8-9-19-11-14/h4,6,10,12,14,19H,5,7-9,11H2,1-3H3,(H,20,23)(H,21,22). The van der Waals surface area contributed by atoms with Crippen LogP contribution in [0.4, 0.5) is 11.4 Å². The lowest BCUT2D eigenvalue weighted by molar-refractivity contribution is -0.119. The summed E-state index contributed by atoms with van der Waals surface area (Å²) < 4.78 is 0. The van der Waals surface area contributed by atoms with Crippen LogP contribution >= 0.6 is 0 Å². The maximum atomic E-state index is 12.1. The van der Waals surface area contributed by atoms with Gasteiger partial charge in [0.1, 0.15) is 0 Å². The number of hydrogen-bond acceptors (Lipinski definition) is 3. The smallest absolute Gasteiger partial charge is 0.226 e. The average molecular weight is 317 g/mol. The Labute approximate surface area is 138 Å². The SMILES string of the molecule is Cc1ccc(NC(=O)C(C)C)cc1NC(=O)CCC1CCNC1. The first-order chi connectivity index (χ1) is 11.0. The first-order valence-corrected chi connectivity index (χ1v) is 8.38. The van der Waals surface area contributed by atoms with Crippen LogP contribution in [0.3, 0.4) is 0 Å². The fourth-order valence-corrected chi connectivity index (χ4v) is 2.63. The minimum absolute atomic E-state index is 0.0279. The summed E-state index contributed by atoms with van der Waals surface area (Å²) in [7, 11) is 0. The Kier molecular flexibility index (Phi) is 6.16. The van der Waals surface area contributed by atoms with E-state index in [0.29, 0.717) is 18.0 Å². The molecule has 1 aromatic carbocycles. The highest BCUT2D eigenvalue weighted by atomic mass is 16.2. The van der Waals surface area contributed by atoms with Gasteiger partial charge >= 0.3 is 0 Å². The number of benzene rings is 1. The maximum Gasteiger partial charge on any atom is 0.226 e. The number of rotatable bonds is 6. The summed E-state index contributed by atoms with van der Waals surface area (Å²) in [5.74, 6) is 0.542. The van der Waals surface area contributed by atoms with Crippen molar-refractivity contribution in [2.24, 2.45) is 11.8 Å². The van der Waals surface area contributed by atoms with Crippen LogP contribution in [0.2, 0.25) is 0 Å². The maximum absolute atomic E-state index is 12.1. The Hall–Kier alpha value is -1.88. The molecule has 5 heteroatoms. The third-order valence-corrected chi connectivity index (χ3v) is 4.25. The van der Waals surface area contributed by atoms with Gasteiger partial charge in [0.15, 0.2) is 0 Å². The number of hydrogen-bond donors (Lipinski definition) is 3. The predicted octanol–water partition coefficient (Wildman–Crippen LogP) is 2.92. The van der Waals surface area contributed by atoms with Crippen LogP contribution in [-0.4, -0.2) is 24.9 Å².